The van der Waals surface area contributed by atoms with Crippen molar-refractivity contribution in [2.75, 3.05) is 25.3 Å². The molecule has 0 radical (unpaired) electrons. The Morgan fingerprint density at radius 1 is 1.24 bits per heavy atom. The van der Waals surface area contributed by atoms with Crippen LogP contribution < -0.4 is 15.4 Å². The summed E-state index contributed by atoms with van der Waals surface area (Å²) in [5.41, 5.74) is 7.13. The van der Waals surface area contributed by atoms with E-state index < -0.39 is 27.4 Å². The first kappa shape index (κ1) is 24.7. The monoisotopic (exact) mass is 477 g/mol. The Morgan fingerprint density at radius 3 is 2.27 bits per heavy atom. The normalized spacial score (nSPS) is 16.5. The summed E-state index contributed by atoms with van der Waals surface area (Å²) < 4.78 is 32.0. The largest absolute Gasteiger partial charge is 0.491 e. The van der Waals surface area contributed by atoms with Crippen molar-refractivity contribution in [3.05, 3.63) is 41.1 Å². The molecule has 1 aliphatic heterocycles. The number of carbonyl (C=O) groups is 2. The molecule has 10 nitrogen and oxygen atoms in total. The molecule has 0 spiro atoms. The minimum Gasteiger partial charge on any atom is -0.491 e. The highest BCUT2D eigenvalue weighted by Crippen LogP contribution is 2.44. The molecule has 11 heteroatoms. The molecule has 33 heavy (non-hydrogen) atoms. The predicted octanol–water partition coefficient (Wildman–Crippen LogP) is 1.91. The molecule has 1 saturated heterocycles. The van der Waals surface area contributed by atoms with E-state index >= 15 is 0 Å². The molecule has 1 unspecified atom stereocenters. The Morgan fingerprint density at radius 2 is 1.82 bits per heavy atom. The molecule has 1 aromatic carbocycles. The second kappa shape index (κ2) is 8.79. The average Bonchev–Trinajstić information content (AvgIpc) is 3.08. The van der Waals surface area contributed by atoms with Crippen LogP contribution >= 0.6 is 0 Å². The molecule has 1 aliphatic rings. The number of aromatic nitrogens is 2. The molecule has 3 rings (SSSR count). The van der Waals surface area contributed by atoms with Gasteiger partial charge in [0.2, 0.25) is 15.9 Å². The van der Waals surface area contributed by atoms with Crippen LogP contribution in [0.25, 0.3) is 0 Å². The van der Waals surface area contributed by atoms with Crippen LogP contribution in [0.3, 0.4) is 0 Å². The molecule has 1 fully saturated rings. The Balaban J connectivity index is 2.10. The van der Waals surface area contributed by atoms with Crippen molar-refractivity contribution in [2.24, 2.45) is 11.1 Å². The zero-order valence-electron chi connectivity index (χ0n) is 19.8. The SMILES string of the molecule is COc1c(C2CC(=O)N2S(C)(=O)=O)nn(C(=O)C(C)(C)C)c1N(C)Cc1ccc(CN)cc1. The summed E-state index contributed by atoms with van der Waals surface area (Å²) in [6.45, 7) is 6.19. The van der Waals surface area contributed by atoms with Gasteiger partial charge in [-0.25, -0.2) is 12.7 Å². The molecule has 1 atom stereocenters. The Labute approximate surface area is 194 Å². The quantitative estimate of drug-likeness (QED) is 0.599. The first-order valence-corrected chi connectivity index (χ1v) is 12.4. The number of carbonyl (C=O) groups excluding carboxylic acids is 2. The van der Waals surface area contributed by atoms with E-state index in [1.165, 1.54) is 11.8 Å². The van der Waals surface area contributed by atoms with Gasteiger partial charge < -0.3 is 15.4 Å². The Hall–Kier alpha value is -2.92. The fourth-order valence-electron chi connectivity index (χ4n) is 3.77. The first-order valence-electron chi connectivity index (χ1n) is 10.5. The summed E-state index contributed by atoms with van der Waals surface area (Å²) in [4.78, 5) is 27.2. The average molecular weight is 478 g/mol. The maximum absolute atomic E-state index is 13.3. The molecular weight excluding hydrogens is 446 g/mol. The second-order valence-electron chi connectivity index (χ2n) is 9.26. The molecule has 1 amide bonds. The van der Waals surface area contributed by atoms with Crippen molar-refractivity contribution in [2.45, 2.75) is 46.3 Å². The first-order chi connectivity index (χ1) is 15.3. The third-order valence-corrected chi connectivity index (χ3v) is 6.66. The van der Waals surface area contributed by atoms with Gasteiger partial charge in [0.1, 0.15) is 11.7 Å². The molecule has 180 valence electrons. The number of anilines is 1. The van der Waals surface area contributed by atoms with Gasteiger partial charge in [0.05, 0.1) is 19.8 Å². The number of amides is 1. The summed E-state index contributed by atoms with van der Waals surface area (Å²) in [5, 5.41) is 4.48. The molecule has 0 saturated carbocycles. The molecule has 2 aromatic rings. The van der Waals surface area contributed by atoms with E-state index in [1.54, 1.807) is 27.8 Å². The van der Waals surface area contributed by atoms with Gasteiger partial charge in [-0.2, -0.15) is 9.78 Å². The van der Waals surface area contributed by atoms with Crippen molar-refractivity contribution in [1.29, 1.82) is 0 Å². The smallest absolute Gasteiger partial charge is 0.254 e. The highest BCUT2D eigenvalue weighted by Gasteiger charge is 2.47. The van der Waals surface area contributed by atoms with Crippen LogP contribution in [0.1, 0.15) is 54.8 Å². The van der Waals surface area contributed by atoms with Crippen molar-refractivity contribution in [3.63, 3.8) is 0 Å². The maximum Gasteiger partial charge on any atom is 0.254 e. The summed E-state index contributed by atoms with van der Waals surface area (Å²) >= 11 is 0. The lowest BCUT2D eigenvalue weighted by atomic mass is 9.96. The maximum atomic E-state index is 13.3. The minimum atomic E-state index is -3.80. The molecule has 0 aliphatic carbocycles. The fraction of sp³-hybridized carbons (Fsp3) is 0.500. The topological polar surface area (TPSA) is 128 Å². The molecular formula is C22H31N5O5S. The molecule has 1 aromatic heterocycles. The number of benzene rings is 1. The second-order valence-corrected chi connectivity index (χ2v) is 11.1. The van der Waals surface area contributed by atoms with Gasteiger partial charge in [0, 0.05) is 25.6 Å². The highest BCUT2D eigenvalue weighted by atomic mass is 32.2. The molecule has 2 heterocycles. The van der Waals surface area contributed by atoms with E-state index in [1.807, 2.05) is 29.2 Å². The third-order valence-electron chi connectivity index (χ3n) is 5.49. The van der Waals surface area contributed by atoms with Crippen LogP contribution in [0.5, 0.6) is 5.75 Å². The Bertz CT molecular complexity index is 1170. The number of methoxy groups -OCH3 is 1. The number of hydrogen-bond acceptors (Lipinski definition) is 8. The summed E-state index contributed by atoms with van der Waals surface area (Å²) in [5.74, 6) is -0.150. The number of rotatable bonds is 7. The third kappa shape index (κ3) is 4.74. The van der Waals surface area contributed by atoms with E-state index in [0.29, 0.717) is 18.9 Å². The van der Waals surface area contributed by atoms with Gasteiger partial charge in [-0.3, -0.25) is 9.59 Å². The van der Waals surface area contributed by atoms with Crippen molar-refractivity contribution < 1.29 is 22.7 Å². The van der Waals surface area contributed by atoms with E-state index in [9.17, 15) is 18.0 Å². The van der Waals surface area contributed by atoms with Gasteiger partial charge in [-0.1, -0.05) is 45.0 Å². The summed E-state index contributed by atoms with van der Waals surface area (Å²) in [7, 11) is -0.561. The number of hydrogen-bond donors (Lipinski definition) is 1. The van der Waals surface area contributed by atoms with Crippen LogP contribution in [0.2, 0.25) is 0 Å². The van der Waals surface area contributed by atoms with Gasteiger partial charge in [-0.05, 0) is 11.1 Å². The summed E-state index contributed by atoms with van der Waals surface area (Å²) in [6.07, 6.45) is 0.937. The highest BCUT2D eigenvalue weighted by molar-refractivity contribution is 7.89. The van der Waals surface area contributed by atoms with Crippen LogP contribution in [0.15, 0.2) is 24.3 Å². The molecule has 0 bridgehead atoms. The number of sulfonamides is 1. The number of nitrogens with zero attached hydrogens (tertiary/aromatic N) is 4. The van der Waals surface area contributed by atoms with Crippen molar-refractivity contribution >= 4 is 27.7 Å². The van der Waals surface area contributed by atoms with Gasteiger partial charge in [0.15, 0.2) is 11.6 Å². The minimum absolute atomic E-state index is 0.0339. The van der Waals surface area contributed by atoms with Crippen molar-refractivity contribution in [1.82, 2.24) is 14.1 Å². The van der Waals surface area contributed by atoms with Crippen LogP contribution in [-0.4, -0.2) is 54.7 Å². The van der Waals surface area contributed by atoms with E-state index in [4.69, 9.17) is 10.5 Å². The van der Waals surface area contributed by atoms with Gasteiger partial charge >= 0.3 is 0 Å². The summed E-state index contributed by atoms with van der Waals surface area (Å²) in [6, 6.07) is 6.95. The number of nitrogens with two attached hydrogens (primary N) is 1. The van der Waals surface area contributed by atoms with Crippen LogP contribution in [-0.2, 0) is 27.9 Å². The Kier molecular flexibility index (Phi) is 6.58. The van der Waals surface area contributed by atoms with E-state index in [-0.39, 0.29) is 23.8 Å². The van der Waals surface area contributed by atoms with E-state index in [2.05, 4.69) is 5.10 Å². The van der Waals surface area contributed by atoms with Crippen LogP contribution in [0.4, 0.5) is 5.82 Å². The molecule has 2 N–H and O–H groups in total. The van der Waals surface area contributed by atoms with Crippen LogP contribution in [0, 0.1) is 5.41 Å². The number of β-lactam (4-membered cyclic amide) rings is 1. The fourth-order valence-corrected chi connectivity index (χ4v) is 4.85. The standard InChI is InChI=1S/C22H31N5O5S/c1-22(2,3)21(29)26-20(25(4)13-15-9-7-14(12-23)8-10-15)19(32-5)18(24-26)16-11-17(28)27(16)33(6,30)31/h7-10,16H,11-13,23H2,1-6H3. The predicted molar refractivity (Wildman–Crippen MR) is 124 cm³/mol. The van der Waals surface area contributed by atoms with Gasteiger partial charge in [0.25, 0.3) is 5.91 Å². The number of ether oxygens (including phenoxy) is 1. The van der Waals surface area contributed by atoms with E-state index in [0.717, 1.165) is 21.7 Å². The van der Waals surface area contributed by atoms with Crippen molar-refractivity contribution in [3.8, 4) is 5.75 Å². The lowest BCUT2D eigenvalue weighted by Crippen LogP contribution is -2.49. The lowest BCUT2D eigenvalue weighted by Gasteiger charge is -2.37. The zero-order chi connectivity index (χ0) is 24.7. The zero-order valence-corrected chi connectivity index (χ0v) is 20.6. The van der Waals surface area contributed by atoms with Gasteiger partial charge in [-0.15, -0.1) is 0 Å². The lowest BCUT2D eigenvalue weighted by molar-refractivity contribution is -0.137.